The number of anilines is 1. The highest BCUT2D eigenvalue weighted by Crippen LogP contribution is 2.47. The molecule has 122 valence electrons. The van der Waals surface area contributed by atoms with E-state index < -0.39 is 0 Å². The second kappa shape index (κ2) is 4.98. The Morgan fingerprint density at radius 1 is 1.20 bits per heavy atom. The molecule has 0 amide bonds. The van der Waals surface area contributed by atoms with Crippen molar-refractivity contribution in [3.05, 3.63) is 41.2 Å². The molecule has 1 aromatic carbocycles. The first-order chi connectivity index (χ1) is 12.3. The van der Waals surface area contributed by atoms with E-state index >= 15 is 0 Å². The van der Waals surface area contributed by atoms with Gasteiger partial charge in [0.25, 0.3) is 0 Å². The fourth-order valence-corrected chi connectivity index (χ4v) is 3.60. The van der Waals surface area contributed by atoms with Gasteiger partial charge in [-0.3, -0.25) is 5.10 Å². The number of H-pyrrole nitrogens is 1. The number of nitriles is 1. The normalized spacial score (nSPS) is 13.9. The molecule has 0 atom stereocenters. The molecule has 1 aliphatic heterocycles. The average molecular weight is 331 g/mol. The molecule has 5 rings (SSSR count). The molecule has 2 aliphatic rings. The summed E-state index contributed by atoms with van der Waals surface area (Å²) >= 11 is 0. The number of nitrogens with zero attached hydrogens (tertiary/aromatic N) is 3. The van der Waals surface area contributed by atoms with E-state index in [4.69, 9.17) is 15.2 Å². The van der Waals surface area contributed by atoms with Crippen molar-refractivity contribution in [2.24, 2.45) is 0 Å². The van der Waals surface area contributed by atoms with E-state index in [0.717, 1.165) is 46.5 Å². The molecule has 3 N–H and O–H groups in total. The molecule has 3 heterocycles. The van der Waals surface area contributed by atoms with Crippen molar-refractivity contribution in [1.29, 1.82) is 5.26 Å². The molecule has 0 bridgehead atoms. The number of benzene rings is 1. The van der Waals surface area contributed by atoms with Crippen LogP contribution in [-0.2, 0) is 12.8 Å². The lowest BCUT2D eigenvalue weighted by atomic mass is 9.85. The molecule has 0 saturated heterocycles. The zero-order valence-corrected chi connectivity index (χ0v) is 13.2. The first-order valence-corrected chi connectivity index (χ1v) is 7.92. The second-order valence-corrected chi connectivity index (χ2v) is 5.99. The number of nitrogens with two attached hydrogens (primary N) is 1. The molecular formula is C18H13N5O2. The summed E-state index contributed by atoms with van der Waals surface area (Å²) in [5, 5.41) is 16.8. The van der Waals surface area contributed by atoms with Crippen LogP contribution in [0.2, 0.25) is 0 Å². The Morgan fingerprint density at radius 3 is 3.00 bits per heavy atom. The summed E-state index contributed by atoms with van der Waals surface area (Å²) in [5.74, 6) is 1.52. The summed E-state index contributed by atoms with van der Waals surface area (Å²) < 4.78 is 11.1. The van der Waals surface area contributed by atoms with Gasteiger partial charge < -0.3 is 15.2 Å². The number of aromatic nitrogens is 3. The zero-order chi connectivity index (χ0) is 17.0. The summed E-state index contributed by atoms with van der Waals surface area (Å²) in [6.07, 6.45) is 3.30. The van der Waals surface area contributed by atoms with Crippen LogP contribution in [0.25, 0.3) is 22.4 Å². The van der Waals surface area contributed by atoms with Gasteiger partial charge in [0.05, 0.1) is 11.9 Å². The number of rotatable bonds is 1. The van der Waals surface area contributed by atoms with Crippen molar-refractivity contribution in [1.82, 2.24) is 15.2 Å². The summed E-state index contributed by atoms with van der Waals surface area (Å²) in [4.78, 5) is 4.50. The van der Waals surface area contributed by atoms with Gasteiger partial charge in [0.15, 0.2) is 11.5 Å². The maximum Gasteiger partial charge on any atom is 0.231 e. The van der Waals surface area contributed by atoms with Crippen molar-refractivity contribution in [3.8, 4) is 40.0 Å². The SMILES string of the molecule is N#Cc1c(N)nc2c(c1-c1cccc3c1OCO3)CCc1[nH]ncc1-2. The van der Waals surface area contributed by atoms with E-state index in [9.17, 15) is 5.26 Å². The van der Waals surface area contributed by atoms with Gasteiger partial charge in [-0.2, -0.15) is 10.4 Å². The molecule has 3 aromatic rings. The highest BCUT2D eigenvalue weighted by atomic mass is 16.7. The van der Waals surface area contributed by atoms with Crippen LogP contribution in [0.5, 0.6) is 11.5 Å². The van der Waals surface area contributed by atoms with Crippen LogP contribution < -0.4 is 15.2 Å². The van der Waals surface area contributed by atoms with Gasteiger partial charge in [-0.25, -0.2) is 4.98 Å². The number of aryl methyl sites for hydroxylation is 1. The average Bonchev–Trinajstić information content (AvgIpc) is 3.29. The Hall–Kier alpha value is -3.53. The van der Waals surface area contributed by atoms with Gasteiger partial charge in [0.2, 0.25) is 6.79 Å². The van der Waals surface area contributed by atoms with E-state index in [1.807, 2.05) is 18.2 Å². The van der Waals surface area contributed by atoms with Crippen LogP contribution in [0.15, 0.2) is 24.4 Å². The molecule has 0 spiro atoms. The molecule has 0 radical (unpaired) electrons. The molecule has 1 aliphatic carbocycles. The number of hydrogen-bond donors (Lipinski definition) is 2. The molecule has 7 nitrogen and oxygen atoms in total. The van der Waals surface area contributed by atoms with Gasteiger partial charge in [-0.1, -0.05) is 12.1 Å². The van der Waals surface area contributed by atoms with E-state index in [2.05, 4.69) is 21.3 Å². The summed E-state index contributed by atoms with van der Waals surface area (Å²) in [6, 6.07) is 7.88. The van der Waals surface area contributed by atoms with Crippen LogP contribution in [0.1, 0.15) is 16.8 Å². The Kier molecular flexibility index (Phi) is 2.76. The lowest BCUT2D eigenvalue weighted by Crippen LogP contribution is -2.11. The number of hydrogen-bond acceptors (Lipinski definition) is 6. The molecule has 25 heavy (non-hydrogen) atoms. The summed E-state index contributed by atoms with van der Waals surface area (Å²) in [7, 11) is 0. The predicted molar refractivity (Wildman–Crippen MR) is 89.9 cm³/mol. The lowest BCUT2D eigenvalue weighted by Gasteiger charge is -2.21. The van der Waals surface area contributed by atoms with Crippen LogP contribution in [0.3, 0.4) is 0 Å². The van der Waals surface area contributed by atoms with Crippen molar-refractivity contribution in [3.63, 3.8) is 0 Å². The number of nitrogens with one attached hydrogen (secondary N) is 1. The summed E-state index contributed by atoms with van der Waals surface area (Å²) in [5.41, 5.74) is 11.8. The number of pyridine rings is 1. The predicted octanol–water partition coefficient (Wildman–Crippen LogP) is 2.42. The molecule has 0 saturated carbocycles. The molecule has 0 unspecified atom stereocenters. The minimum absolute atomic E-state index is 0.170. The molecule has 0 fully saturated rings. The largest absolute Gasteiger partial charge is 0.454 e. The maximum atomic E-state index is 9.71. The third kappa shape index (κ3) is 1.85. The Morgan fingerprint density at radius 2 is 2.12 bits per heavy atom. The third-order valence-electron chi connectivity index (χ3n) is 4.70. The van der Waals surface area contributed by atoms with Gasteiger partial charge >= 0.3 is 0 Å². The number of nitrogen functional groups attached to an aromatic ring is 1. The van der Waals surface area contributed by atoms with Crippen LogP contribution in [-0.4, -0.2) is 22.0 Å². The first-order valence-electron chi connectivity index (χ1n) is 7.92. The third-order valence-corrected chi connectivity index (χ3v) is 4.70. The van der Waals surface area contributed by atoms with E-state index in [0.29, 0.717) is 17.1 Å². The van der Waals surface area contributed by atoms with E-state index in [1.54, 1.807) is 6.20 Å². The van der Waals surface area contributed by atoms with Gasteiger partial charge in [0, 0.05) is 22.4 Å². The number of ether oxygens (including phenoxy) is 2. The smallest absolute Gasteiger partial charge is 0.231 e. The zero-order valence-electron chi connectivity index (χ0n) is 13.2. The Labute approximate surface area is 143 Å². The monoisotopic (exact) mass is 331 g/mol. The fraction of sp³-hybridized carbons (Fsp3) is 0.167. The maximum absolute atomic E-state index is 9.71. The lowest BCUT2D eigenvalue weighted by molar-refractivity contribution is 0.174. The van der Waals surface area contributed by atoms with Gasteiger partial charge in [-0.15, -0.1) is 0 Å². The quantitative estimate of drug-likeness (QED) is 0.708. The Balaban J connectivity index is 1.87. The first kappa shape index (κ1) is 13.9. The van der Waals surface area contributed by atoms with E-state index in [1.165, 1.54) is 0 Å². The Bertz CT molecular complexity index is 1060. The van der Waals surface area contributed by atoms with Crippen LogP contribution >= 0.6 is 0 Å². The van der Waals surface area contributed by atoms with Crippen molar-refractivity contribution in [2.75, 3.05) is 12.5 Å². The van der Waals surface area contributed by atoms with Gasteiger partial charge in [0.1, 0.15) is 17.5 Å². The molecular weight excluding hydrogens is 318 g/mol. The van der Waals surface area contributed by atoms with Crippen LogP contribution in [0, 0.1) is 11.3 Å². The number of fused-ring (bicyclic) bond motifs is 4. The number of para-hydroxylation sites is 1. The van der Waals surface area contributed by atoms with Crippen molar-refractivity contribution in [2.45, 2.75) is 12.8 Å². The van der Waals surface area contributed by atoms with E-state index in [-0.39, 0.29) is 12.6 Å². The summed E-state index contributed by atoms with van der Waals surface area (Å²) in [6.45, 7) is 0.170. The topological polar surface area (TPSA) is 110 Å². The standard InChI is InChI=1S/C18H13N5O2/c19-6-11-15(10-2-1-3-14-17(10)25-8-24-14)9-4-5-13-12(7-21-23-13)16(9)22-18(11)20/h1-3,7H,4-5,8H2,(H2,20,22)(H,21,23). The van der Waals surface area contributed by atoms with Crippen LogP contribution in [0.4, 0.5) is 5.82 Å². The minimum Gasteiger partial charge on any atom is -0.454 e. The highest BCUT2D eigenvalue weighted by Gasteiger charge is 2.29. The number of aromatic amines is 1. The van der Waals surface area contributed by atoms with Crippen molar-refractivity contribution < 1.29 is 9.47 Å². The van der Waals surface area contributed by atoms with Crippen molar-refractivity contribution >= 4 is 5.82 Å². The molecule has 7 heteroatoms. The second-order valence-electron chi connectivity index (χ2n) is 5.99. The molecule has 2 aromatic heterocycles. The van der Waals surface area contributed by atoms with Gasteiger partial charge in [-0.05, 0) is 24.5 Å². The minimum atomic E-state index is 0.170. The highest BCUT2D eigenvalue weighted by molar-refractivity contribution is 5.89. The fourth-order valence-electron chi connectivity index (χ4n) is 3.60.